The van der Waals surface area contributed by atoms with Gasteiger partial charge in [0.1, 0.15) is 0 Å². The number of anilines is 1. The van der Waals surface area contributed by atoms with E-state index in [9.17, 15) is 9.59 Å². The van der Waals surface area contributed by atoms with Gasteiger partial charge in [0.05, 0.1) is 20.8 Å². The molecule has 9 heteroatoms. The number of hydrogen-bond acceptors (Lipinski definition) is 5. The molecular formula is C19H14Cl3NO5. The van der Waals surface area contributed by atoms with Gasteiger partial charge < -0.3 is 19.5 Å². The van der Waals surface area contributed by atoms with Crippen LogP contribution >= 0.6 is 34.8 Å². The van der Waals surface area contributed by atoms with Crippen molar-refractivity contribution in [3.8, 4) is 11.5 Å². The summed E-state index contributed by atoms with van der Waals surface area (Å²) in [7, 11) is 0. The van der Waals surface area contributed by atoms with E-state index in [2.05, 4.69) is 5.32 Å². The molecule has 1 heterocycles. The molecule has 1 N–H and O–H groups in total. The van der Waals surface area contributed by atoms with Crippen molar-refractivity contribution in [2.75, 3.05) is 12.1 Å². The zero-order valence-electron chi connectivity index (χ0n) is 14.5. The number of hydrogen-bond donors (Lipinski definition) is 1. The number of fused-ring (bicyclic) bond motifs is 1. The Labute approximate surface area is 175 Å². The lowest BCUT2D eigenvalue weighted by molar-refractivity contribution is -0.148. The fraction of sp³-hybridized carbons (Fsp3) is 0.158. The average Bonchev–Trinajstić information content (AvgIpc) is 3.12. The molecular weight excluding hydrogens is 429 g/mol. The van der Waals surface area contributed by atoms with Gasteiger partial charge in [-0.1, -0.05) is 40.9 Å². The van der Waals surface area contributed by atoms with E-state index in [1.165, 1.54) is 25.1 Å². The molecule has 1 aliphatic heterocycles. The summed E-state index contributed by atoms with van der Waals surface area (Å²) < 4.78 is 15.6. The molecule has 0 saturated heterocycles. The van der Waals surface area contributed by atoms with Crippen LogP contribution in [0.3, 0.4) is 0 Å². The number of carbonyl (C=O) groups excluding carboxylic acids is 2. The van der Waals surface area contributed by atoms with E-state index in [0.29, 0.717) is 11.5 Å². The molecule has 3 rings (SSSR count). The average molecular weight is 443 g/mol. The zero-order chi connectivity index (χ0) is 20.3. The lowest BCUT2D eigenvalue weighted by atomic mass is 10.2. The summed E-state index contributed by atoms with van der Waals surface area (Å²) in [6.45, 7) is 1.60. The Kier molecular flexibility index (Phi) is 6.34. The molecule has 28 heavy (non-hydrogen) atoms. The van der Waals surface area contributed by atoms with E-state index in [-0.39, 0.29) is 27.5 Å². The summed E-state index contributed by atoms with van der Waals surface area (Å²) in [5.41, 5.74) is 0.987. The fourth-order valence-corrected chi connectivity index (χ4v) is 2.89. The molecule has 0 bridgehead atoms. The minimum atomic E-state index is -1.06. The van der Waals surface area contributed by atoms with Gasteiger partial charge in [-0.15, -0.1) is 0 Å². The third-order valence-electron chi connectivity index (χ3n) is 3.74. The van der Waals surface area contributed by atoms with Crippen molar-refractivity contribution in [2.24, 2.45) is 0 Å². The SMILES string of the molecule is CC(OC(=O)/C=C/c1ccc2c(c1)OCO2)C(=O)Nc1cc(Cl)c(Cl)cc1Cl. The van der Waals surface area contributed by atoms with Crippen LogP contribution in [0.25, 0.3) is 6.08 Å². The van der Waals surface area contributed by atoms with E-state index >= 15 is 0 Å². The standard InChI is InChI=1S/C19H14Cl3NO5/c1-10(19(25)23-15-8-13(21)12(20)7-14(15)22)28-18(24)5-3-11-2-4-16-17(6-11)27-9-26-16/h2-8,10H,9H2,1H3,(H,23,25)/b5-3+. The zero-order valence-corrected chi connectivity index (χ0v) is 16.8. The van der Waals surface area contributed by atoms with E-state index in [4.69, 9.17) is 49.0 Å². The number of amides is 1. The first-order chi connectivity index (χ1) is 13.3. The second kappa shape index (κ2) is 8.73. The number of benzene rings is 2. The first-order valence-corrected chi connectivity index (χ1v) is 9.20. The third kappa shape index (κ3) is 4.90. The van der Waals surface area contributed by atoms with Gasteiger partial charge in [0, 0.05) is 6.08 Å². The van der Waals surface area contributed by atoms with Crippen molar-refractivity contribution in [1.29, 1.82) is 0 Å². The van der Waals surface area contributed by atoms with Gasteiger partial charge in [-0.2, -0.15) is 0 Å². The molecule has 0 fully saturated rings. The first kappa shape index (κ1) is 20.3. The Morgan fingerprint density at radius 2 is 1.79 bits per heavy atom. The highest BCUT2D eigenvalue weighted by atomic mass is 35.5. The maximum atomic E-state index is 12.2. The van der Waals surface area contributed by atoms with Gasteiger partial charge in [-0.25, -0.2) is 4.79 Å². The smallest absolute Gasteiger partial charge is 0.331 e. The molecule has 2 aromatic carbocycles. The summed E-state index contributed by atoms with van der Waals surface area (Å²) in [5, 5.41) is 3.25. The van der Waals surface area contributed by atoms with Crippen LogP contribution in [0.4, 0.5) is 5.69 Å². The number of rotatable bonds is 5. The third-order valence-corrected chi connectivity index (χ3v) is 4.77. The molecule has 1 atom stereocenters. The van der Waals surface area contributed by atoms with Crippen molar-refractivity contribution in [3.63, 3.8) is 0 Å². The summed E-state index contributed by atoms with van der Waals surface area (Å²) in [4.78, 5) is 24.2. The maximum Gasteiger partial charge on any atom is 0.331 e. The summed E-state index contributed by atoms with van der Waals surface area (Å²) in [5.74, 6) is -0.00146. The summed E-state index contributed by atoms with van der Waals surface area (Å²) in [6.07, 6.45) is 1.71. The van der Waals surface area contributed by atoms with Crippen LogP contribution in [-0.4, -0.2) is 24.8 Å². The normalized spacial score (nSPS) is 13.4. The predicted molar refractivity (Wildman–Crippen MR) is 107 cm³/mol. The van der Waals surface area contributed by atoms with Crippen LogP contribution in [0.5, 0.6) is 11.5 Å². The molecule has 1 amide bonds. The highest BCUT2D eigenvalue weighted by Gasteiger charge is 2.19. The van der Waals surface area contributed by atoms with E-state index in [1.54, 1.807) is 24.3 Å². The summed E-state index contributed by atoms with van der Waals surface area (Å²) >= 11 is 17.8. The molecule has 1 aliphatic rings. The van der Waals surface area contributed by atoms with Gasteiger partial charge in [-0.3, -0.25) is 4.79 Å². The molecule has 0 saturated carbocycles. The lowest BCUT2D eigenvalue weighted by Gasteiger charge is -2.13. The van der Waals surface area contributed by atoms with Gasteiger partial charge in [0.25, 0.3) is 5.91 Å². The molecule has 0 aromatic heterocycles. The van der Waals surface area contributed by atoms with Gasteiger partial charge in [0.15, 0.2) is 17.6 Å². The predicted octanol–water partition coefficient (Wildman–Crippen LogP) is 4.96. The minimum absolute atomic E-state index is 0.167. The highest BCUT2D eigenvalue weighted by Crippen LogP contribution is 2.33. The van der Waals surface area contributed by atoms with Crippen LogP contribution in [0.15, 0.2) is 36.4 Å². The number of nitrogens with one attached hydrogen (secondary N) is 1. The topological polar surface area (TPSA) is 73.9 Å². The van der Waals surface area contributed by atoms with Gasteiger partial charge >= 0.3 is 5.97 Å². The second-order valence-corrected chi connectivity index (χ2v) is 6.98. The van der Waals surface area contributed by atoms with Crippen molar-refractivity contribution >= 4 is 58.4 Å². The highest BCUT2D eigenvalue weighted by molar-refractivity contribution is 6.44. The Balaban J connectivity index is 1.57. The van der Waals surface area contributed by atoms with E-state index < -0.39 is 18.0 Å². The number of halogens is 3. The number of carbonyl (C=O) groups is 2. The maximum absolute atomic E-state index is 12.2. The Morgan fingerprint density at radius 3 is 2.57 bits per heavy atom. The molecule has 1 unspecified atom stereocenters. The Morgan fingerprint density at radius 1 is 1.07 bits per heavy atom. The fourth-order valence-electron chi connectivity index (χ4n) is 2.30. The minimum Gasteiger partial charge on any atom is -0.454 e. The molecule has 0 radical (unpaired) electrons. The largest absolute Gasteiger partial charge is 0.454 e. The Hall–Kier alpha value is -2.41. The van der Waals surface area contributed by atoms with Crippen molar-refractivity contribution in [3.05, 3.63) is 57.0 Å². The van der Waals surface area contributed by atoms with Crippen LogP contribution < -0.4 is 14.8 Å². The molecule has 0 aliphatic carbocycles. The van der Waals surface area contributed by atoms with Crippen molar-refractivity contribution < 1.29 is 23.8 Å². The quantitative estimate of drug-likeness (QED) is 0.402. The van der Waals surface area contributed by atoms with E-state index in [0.717, 1.165) is 5.56 Å². The first-order valence-electron chi connectivity index (χ1n) is 8.07. The van der Waals surface area contributed by atoms with Gasteiger partial charge in [-0.05, 0) is 42.8 Å². The lowest BCUT2D eigenvalue weighted by Crippen LogP contribution is -2.29. The second-order valence-electron chi connectivity index (χ2n) is 5.76. The molecule has 6 nitrogen and oxygen atoms in total. The molecule has 146 valence electrons. The van der Waals surface area contributed by atoms with Gasteiger partial charge in [0.2, 0.25) is 6.79 Å². The van der Waals surface area contributed by atoms with Crippen LogP contribution in [-0.2, 0) is 14.3 Å². The van der Waals surface area contributed by atoms with Crippen LogP contribution in [0, 0.1) is 0 Å². The van der Waals surface area contributed by atoms with Crippen LogP contribution in [0.2, 0.25) is 15.1 Å². The molecule has 0 spiro atoms. The van der Waals surface area contributed by atoms with E-state index in [1.807, 2.05) is 0 Å². The van der Waals surface area contributed by atoms with Crippen molar-refractivity contribution in [2.45, 2.75) is 13.0 Å². The van der Waals surface area contributed by atoms with Crippen molar-refractivity contribution in [1.82, 2.24) is 0 Å². The van der Waals surface area contributed by atoms with Crippen LogP contribution in [0.1, 0.15) is 12.5 Å². The number of ether oxygens (including phenoxy) is 3. The molecule has 2 aromatic rings. The monoisotopic (exact) mass is 441 g/mol. The summed E-state index contributed by atoms with van der Waals surface area (Å²) in [6, 6.07) is 8.06. The Bertz CT molecular complexity index is 961. The number of esters is 1.